The van der Waals surface area contributed by atoms with Gasteiger partial charge in [0.25, 0.3) is 5.56 Å². The van der Waals surface area contributed by atoms with Crippen molar-refractivity contribution in [2.75, 3.05) is 25.1 Å². The van der Waals surface area contributed by atoms with Crippen LogP contribution in [0.1, 0.15) is 35.7 Å². The minimum Gasteiger partial charge on any atom is -0.496 e. The van der Waals surface area contributed by atoms with E-state index in [4.69, 9.17) is 10.5 Å². The minimum absolute atomic E-state index is 0.00840. The molecule has 2 aliphatic rings. The van der Waals surface area contributed by atoms with Crippen molar-refractivity contribution >= 4 is 5.82 Å². The molecule has 1 aliphatic carbocycles. The van der Waals surface area contributed by atoms with Crippen molar-refractivity contribution in [1.29, 1.82) is 5.26 Å². The van der Waals surface area contributed by atoms with Crippen LogP contribution in [0, 0.1) is 16.7 Å². The number of rotatable bonds is 3. The predicted octanol–water partition coefficient (Wildman–Crippen LogP) is 3.17. The van der Waals surface area contributed by atoms with Crippen molar-refractivity contribution in [3.8, 4) is 22.9 Å². The van der Waals surface area contributed by atoms with Crippen LogP contribution in [-0.2, 0) is 13.5 Å². The molecule has 0 amide bonds. The van der Waals surface area contributed by atoms with Gasteiger partial charge >= 0.3 is 0 Å². The van der Waals surface area contributed by atoms with Crippen molar-refractivity contribution in [2.24, 2.45) is 18.2 Å². The number of nitriles is 1. The molecule has 7 nitrogen and oxygen atoms in total. The highest BCUT2D eigenvalue weighted by Crippen LogP contribution is 2.53. The maximum atomic E-state index is 13.2. The van der Waals surface area contributed by atoms with E-state index >= 15 is 0 Å². The van der Waals surface area contributed by atoms with Gasteiger partial charge in [-0.15, -0.1) is 0 Å². The zero-order valence-electron chi connectivity index (χ0n) is 18.9. The fraction of sp³-hybridized carbons (Fsp3) is 0.346. The van der Waals surface area contributed by atoms with E-state index < -0.39 is 0 Å². The van der Waals surface area contributed by atoms with E-state index in [0.29, 0.717) is 11.1 Å². The lowest BCUT2D eigenvalue weighted by molar-refractivity contribution is 0.186. The molecule has 7 heteroatoms. The molecule has 5 rings (SSSR count). The number of nitrogens with two attached hydrogens (primary N) is 1. The Balaban J connectivity index is 1.40. The van der Waals surface area contributed by atoms with Crippen LogP contribution in [0.25, 0.3) is 11.1 Å². The van der Waals surface area contributed by atoms with Gasteiger partial charge in [0.2, 0.25) is 0 Å². The molecule has 1 fully saturated rings. The van der Waals surface area contributed by atoms with Crippen LogP contribution in [-0.4, -0.2) is 29.8 Å². The Bertz CT molecular complexity index is 1310. The summed E-state index contributed by atoms with van der Waals surface area (Å²) < 4.78 is 7.27. The van der Waals surface area contributed by atoms with E-state index in [2.05, 4.69) is 22.0 Å². The average molecular weight is 442 g/mol. The van der Waals surface area contributed by atoms with E-state index in [1.165, 1.54) is 11.1 Å². The van der Waals surface area contributed by atoms with Crippen LogP contribution in [0.3, 0.4) is 0 Å². The molecular weight excluding hydrogens is 414 g/mol. The molecule has 1 spiro atoms. The number of pyridine rings is 2. The summed E-state index contributed by atoms with van der Waals surface area (Å²) in [4.78, 5) is 19.5. The second-order valence-corrected chi connectivity index (χ2v) is 9.01. The minimum atomic E-state index is -0.132. The topological polar surface area (TPSA) is 97.2 Å². The lowest BCUT2D eigenvalue weighted by Crippen LogP contribution is -2.45. The van der Waals surface area contributed by atoms with Crippen molar-refractivity contribution in [1.82, 2.24) is 9.55 Å². The first-order valence-electron chi connectivity index (χ1n) is 11.2. The zero-order valence-corrected chi connectivity index (χ0v) is 18.9. The number of aromatic nitrogens is 2. The van der Waals surface area contributed by atoms with Gasteiger partial charge in [-0.25, -0.2) is 4.98 Å². The summed E-state index contributed by atoms with van der Waals surface area (Å²) in [5, 5.41) is 9.37. The molecule has 2 N–H and O–H groups in total. The Labute approximate surface area is 193 Å². The number of anilines is 1. The number of piperidine rings is 1. The molecule has 3 aromatic rings. The Morgan fingerprint density at radius 2 is 1.94 bits per heavy atom. The van der Waals surface area contributed by atoms with Gasteiger partial charge in [0, 0.05) is 37.9 Å². The second-order valence-electron chi connectivity index (χ2n) is 9.01. The van der Waals surface area contributed by atoms with Gasteiger partial charge in [-0.1, -0.05) is 12.1 Å². The van der Waals surface area contributed by atoms with E-state index in [1.54, 1.807) is 37.1 Å². The van der Waals surface area contributed by atoms with Crippen molar-refractivity contribution in [3.63, 3.8) is 0 Å². The number of fused-ring (bicyclic) bond motifs is 1. The Hall–Kier alpha value is -3.63. The first-order chi connectivity index (χ1) is 16.0. The van der Waals surface area contributed by atoms with Gasteiger partial charge in [0.1, 0.15) is 23.3 Å². The third-order valence-electron chi connectivity index (χ3n) is 7.48. The van der Waals surface area contributed by atoms with Gasteiger partial charge in [0.05, 0.1) is 12.7 Å². The third-order valence-corrected chi connectivity index (χ3v) is 7.48. The standard InChI is InChI=1S/C26H27N5O2/c1-30-23(9-8-19(25(30)32)17-6-4-12-29-21(17)16-27)31-13-10-26(11-14-31)15-20-18(24(26)28)5-3-7-22(20)33-2/h3-9,12,24H,10-11,13-15,28H2,1-2H3/t24-/m1/s1. The van der Waals surface area contributed by atoms with Crippen molar-refractivity contribution in [3.05, 3.63) is 75.8 Å². The van der Waals surface area contributed by atoms with Gasteiger partial charge in [-0.05, 0) is 66.1 Å². The first kappa shape index (κ1) is 21.2. The number of benzene rings is 1. The Morgan fingerprint density at radius 1 is 1.15 bits per heavy atom. The molecule has 168 valence electrons. The summed E-state index contributed by atoms with van der Waals surface area (Å²) in [6.07, 6.45) is 4.38. The third kappa shape index (κ3) is 3.30. The Morgan fingerprint density at radius 3 is 2.67 bits per heavy atom. The molecule has 3 heterocycles. The molecule has 33 heavy (non-hydrogen) atoms. The molecule has 0 unspecified atom stereocenters. The number of ether oxygens (including phenoxy) is 1. The molecule has 2 aromatic heterocycles. The number of hydrogen-bond acceptors (Lipinski definition) is 6. The van der Waals surface area contributed by atoms with Gasteiger partial charge in [-0.2, -0.15) is 5.26 Å². The van der Waals surface area contributed by atoms with Gasteiger partial charge in [-0.3, -0.25) is 9.36 Å². The summed E-state index contributed by atoms with van der Waals surface area (Å²) in [6.45, 7) is 1.65. The molecular formula is C26H27N5O2. The van der Waals surface area contributed by atoms with Gasteiger partial charge < -0.3 is 15.4 Å². The highest BCUT2D eigenvalue weighted by Gasteiger charge is 2.47. The fourth-order valence-electron chi connectivity index (χ4n) is 5.58. The number of methoxy groups -OCH3 is 1. The fourth-order valence-corrected chi connectivity index (χ4v) is 5.58. The van der Waals surface area contributed by atoms with E-state index in [9.17, 15) is 10.1 Å². The molecule has 0 radical (unpaired) electrons. The Kier molecular flexibility index (Phi) is 5.18. The van der Waals surface area contributed by atoms with Crippen molar-refractivity contribution < 1.29 is 4.74 Å². The van der Waals surface area contributed by atoms with E-state index in [-0.39, 0.29) is 22.7 Å². The van der Waals surface area contributed by atoms with Gasteiger partial charge in [0.15, 0.2) is 0 Å². The van der Waals surface area contributed by atoms with Crippen LogP contribution >= 0.6 is 0 Å². The first-order valence-corrected chi connectivity index (χ1v) is 11.2. The second kappa shape index (κ2) is 8.05. The summed E-state index contributed by atoms with van der Waals surface area (Å²) in [5.74, 6) is 1.80. The lowest BCUT2D eigenvalue weighted by Gasteiger charge is -2.43. The van der Waals surface area contributed by atoms with Crippen LogP contribution in [0.2, 0.25) is 0 Å². The largest absolute Gasteiger partial charge is 0.496 e. The molecule has 0 bridgehead atoms. The molecule has 1 atom stereocenters. The summed E-state index contributed by atoms with van der Waals surface area (Å²) in [5.41, 5.74) is 10.4. The smallest absolute Gasteiger partial charge is 0.259 e. The van der Waals surface area contributed by atoms with Crippen LogP contribution < -0.4 is 20.9 Å². The maximum Gasteiger partial charge on any atom is 0.259 e. The predicted molar refractivity (Wildman–Crippen MR) is 127 cm³/mol. The lowest BCUT2D eigenvalue weighted by atomic mass is 9.73. The van der Waals surface area contributed by atoms with Crippen LogP contribution in [0.5, 0.6) is 5.75 Å². The SMILES string of the molecule is COc1cccc2c1CC1(CCN(c3ccc(-c4cccnc4C#N)c(=O)n3C)CC1)[C@@H]2N. The van der Waals surface area contributed by atoms with E-state index in [0.717, 1.165) is 43.9 Å². The molecule has 1 aliphatic heterocycles. The average Bonchev–Trinajstić information content (AvgIpc) is 3.12. The molecule has 1 aromatic carbocycles. The zero-order chi connectivity index (χ0) is 23.2. The van der Waals surface area contributed by atoms with Crippen molar-refractivity contribution in [2.45, 2.75) is 25.3 Å². The summed E-state index contributed by atoms with van der Waals surface area (Å²) >= 11 is 0. The quantitative estimate of drug-likeness (QED) is 0.671. The number of nitrogens with zero attached hydrogens (tertiary/aromatic N) is 4. The van der Waals surface area contributed by atoms with E-state index in [1.807, 2.05) is 24.3 Å². The monoisotopic (exact) mass is 441 g/mol. The summed E-state index contributed by atoms with van der Waals surface area (Å²) in [6, 6.07) is 15.5. The maximum absolute atomic E-state index is 13.2. The normalized spacial score (nSPS) is 18.7. The van der Waals surface area contributed by atoms with Crippen LogP contribution in [0.4, 0.5) is 5.82 Å². The highest BCUT2D eigenvalue weighted by molar-refractivity contribution is 5.69. The number of hydrogen-bond donors (Lipinski definition) is 1. The molecule has 1 saturated heterocycles. The van der Waals surface area contributed by atoms with Crippen LogP contribution in [0.15, 0.2) is 53.5 Å². The highest BCUT2D eigenvalue weighted by atomic mass is 16.5. The summed E-state index contributed by atoms with van der Waals surface area (Å²) in [7, 11) is 3.50. The molecule has 0 saturated carbocycles.